The smallest absolute Gasteiger partial charge is 0.480 e. The number of carboxylic acids is 1. The zero-order valence-electron chi connectivity index (χ0n) is 23.5. The first kappa shape index (κ1) is 32.7. The second-order valence-electron chi connectivity index (χ2n) is 11.2. The normalized spacial score (nSPS) is 14.0. The third-order valence-electron chi connectivity index (χ3n) is 4.84. The molecule has 0 aliphatic heterocycles. The average molecular weight is 540 g/mol. The van der Waals surface area contributed by atoms with Gasteiger partial charge in [-0.25, -0.2) is 9.59 Å². The van der Waals surface area contributed by atoms with Crippen LogP contribution in [0.25, 0.3) is 0 Å². The molecule has 0 saturated carbocycles. The van der Waals surface area contributed by atoms with Crippen molar-refractivity contribution < 1.29 is 48.0 Å². The first-order chi connectivity index (χ1) is 17.3. The first-order valence-corrected chi connectivity index (χ1v) is 12.5. The Morgan fingerprint density at radius 1 is 0.921 bits per heavy atom. The number of nitrogens with two attached hydrogens (primary N) is 1. The predicted octanol–water partition coefficient (Wildman–Crippen LogP) is 5.15. The van der Waals surface area contributed by atoms with E-state index in [-0.39, 0.29) is 30.8 Å². The predicted molar refractivity (Wildman–Crippen MR) is 138 cm³/mol. The Balaban J connectivity index is 3.22. The highest BCUT2D eigenvalue weighted by Crippen LogP contribution is 2.32. The van der Waals surface area contributed by atoms with Crippen LogP contribution in [-0.4, -0.2) is 52.2 Å². The van der Waals surface area contributed by atoms with Crippen molar-refractivity contribution in [2.45, 2.75) is 110 Å². The number of ether oxygens (including phenoxy) is 5. The number of carbonyl (C=O) groups is 4. The van der Waals surface area contributed by atoms with Crippen molar-refractivity contribution in [3.8, 4) is 11.5 Å². The highest BCUT2D eigenvalue weighted by Gasteiger charge is 2.37. The standard InChI is InChI=1S/C27H41NO10/c1-9-10-11-21(29)34-17(2)15-27(28,22(30)31)16-18-12-13-19(35-23(32)37-25(3,4)5)20(14-18)36-24(33)38-26(6,7)8/h12-14,17H,9-11,15-16,28H2,1-8H3,(H,30,31)/t17-,27?/m0/s1. The molecule has 0 aliphatic carbocycles. The molecule has 1 rings (SSSR count). The number of carboxylic acid groups (broad SMARTS) is 1. The number of unbranched alkanes of at least 4 members (excludes halogenated alkanes) is 1. The minimum atomic E-state index is -1.82. The number of benzene rings is 1. The summed E-state index contributed by atoms with van der Waals surface area (Å²) in [7, 11) is 0. The molecule has 0 saturated heterocycles. The van der Waals surface area contributed by atoms with Crippen LogP contribution < -0.4 is 15.2 Å². The van der Waals surface area contributed by atoms with Crippen LogP contribution in [-0.2, 0) is 30.2 Å². The molecule has 1 aromatic carbocycles. The van der Waals surface area contributed by atoms with Gasteiger partial charge >= 0.3 is 24.2 Å². The fourth-order valence-electron chi connectivity index (χ4n) is 3.31. The molecule has 38 heavy (non-hydrogen) atoms. The number of aliphatic carboxylic acids is 1. The molecular formula is C27H41NO10. The van der Waals surface area contributed by atoms with E-state index in [1.807, 2.05) is 6.92 Å². The van der Waals surface area contributed by atoms with E-state index in [2.05, 4.69) is 0 Å². The summed E-state index contributed by atoms with van der Waals surface area (Å²) in [5, 5.41) is 9.89. The Kier molecular flexibility index (Phi) is 11.6. The molecule has 0 aromatic heterocycles. The lowest BCUT2D eigenvalue weighted by atomic mass is 9.86. The van der Waals surface area contributed by atoms with Crippen LogP contribution in [0.5, 0.6) is 11.5 Å². The lowest BCUT2D eigenvalue weighted by Gasteiger charge is -2.28. The summed E-state index contributed by atoms with van der Waals surface area (Å²) in [6.45, 7) is 13.4. The molecule has 0 radical (unpaired) electrons. The summed E-state index contributed by atoms with van der Waals surface area (Å²) in [6.07, 6.45) is -1.51. The zero-order valence-corrected chi connectivity index (χ0v) is 23.5. The SMILES string of the molecule is CCCCC(=O)O[C@@H](C)CC(N)(Cc1ccc(OC(=O)OC(C)(C)C)c(OC(=O)OC(C)(C)C)c1)C(=O)O. The monoisotopic (exact) mass is 539 g/mol. The zero-order chi connectivity index (χ0) is 29.3. The van der Waals surface area contributed by atoms with Crippen molar-refractivity contribution in [3.05, 3.63) is 23.8 Å². The molecule has 3 N–H and O–H groups in total. The summed E-state index contributed by atoms with van der Waals surface area (Å²) in [6, 6.07) is 4.13. The Morgan fingerprint density at radius 2 is 1.45 bits per heavy atom. The number of carbonyl (C=O) groups excluding carboxylic acids is 3. The van der Waals surface area contributed by atoms with Gasteiger partial charge in [0.2, 0.25) is 0 Å². The van der Waals surface area contributed by atoms with Crippen molar-refractivity contribution in [1.29, 1.82) is 0 Å². The van der Waals surface area contributed by atoms with Gasteiger partial charge in [-0.2, -0.15) is 0 Å². The molecule has 0 bridgehead atoms. The Bertz CT molecular complexity index is 993. The Hall–Kier alpha value is -3.34. The van der Waals surface area contributed by atoms with E-state index in [1.54, 1.807) is 48.5 Å². The molecule has 11 nitrogen and oxygen atoms in total. The van der Waals surface area contributed by atoms with E-state index in [0.29, 0.717) is 12.0 Å². The van der Waals surface area contributed by atoms with Gasteiger partial charge in [0.05, 0.1) is 0 Å². The van der Waals surface area contributed by atoms with Crippen molar-refractivity contribution in [2.75, 3.05) is 0 Å². The molecule has 0 amide bonds. The number of hydrogen-bond acceptors (Lipinski definition) is 10. The van der Waals surface area contributed by atoms with Gasteiger partial charge in [0.1, 0.15) is 22.8 Å². The summed E-state index contributed by atoms with van der Waals surface area (Å²) in [4.78, 5) is 48.6. The summed E-state index contributed by atoms with van der Waals surface area (Å²) < 4.78 is 26.2. The van der Waals surface area contributed by atoms with E-state index in [9.17, 15) is 24.3 Å². The molecule has 1 unspecified atom stereocenters. The van der Waals surface area contributed by atoms with Crippen LogP contribution in [0.3, 0.4) is 0 Å². The second-order valence-corrected chi connectivity index (χ2v) is 11.2. The molecule has 0 fully saturated rings. The van der Waals surface area contributed by atoms with Crippen molar-refractivity contribution in [3.63, 3.8) is 0 Å². The van der Waals surface area contributed by atoms with E-state index >= 15 is 0 Å². The maximum Gasteiger partial charge on any atom is 0.514 e. The maximum atomic E-state index is 12.3. The Morgan fingerprint density at radius 3 is 1.92 bits per heavy atom. The van der Waals surface area contributed by atoms with Gasteiger partial charge in [0.25, 0.3) is 0 Å². The summed E-state index contributed by atoms with van der Waals surface area (Å²) in [5.41, 5.74) is 3.09. The molecule has 0 heterocycles. The van der Waals surface area contributed by atoms with E-state index in [0.717, 1.165) is 6.42 Å². The Labute approximate surface area is 223 Å². The number of rotatable bonds is 11. The molecule has 214 valence electrons. The van der Waals surface area contributed by atoms with E-state index in [1.165, 1.54) is 18.2 Å². The lowest BCUT2D eigenvalue weighted by molar-refractivity contribution is -0.153. The molecule has 1 aromatic rings. The van der Waals surface area contributed by atoms with Gasteiger partial charge in [-0.1, -0.05) is 19.4 Å². The van der Waals surface area contributed by atoms with Gasteiger partial charge in [-0.05, 0) is 72.6 Å². The van der Waals surface area contributed by atoms with Crippen LogP contribution in [0, 0.1) is 0 Å². The summed E-state index contributed by atoms with van der Waals surface area (Å²) in [5.74, 6) is -2.08. The van der Waals surface area contributed by atoms with Gasteiger partial charge in [0, 0.05) is 19.3 Å². The minimum Gasteiger partial charge on any atom is -0.480 e. The minimum absolute atomic E-state index is 0.148. The third kappa shape index (κ3) is 12.3. The van der Waals surface area contributed by atoms with Crippen LogP contribution in [0.2, 0.25) is 0 Å². The highest BCUT2D eigenvalue weighted by atomic mass is 16.8. The fraction of sp³-hybridized carbons (Fsp3) is 0.630. The van der Waals surface area contributed by atoms with Gasteiger partial charge in [-0.15, -0.1) is 0 Å². The molecule has 0 spiro atoms. The van der Waals surface area contributed by atoms with Crippen LogP contribution in [0.15, 0.2) is 18.2 Å². The van der Waals surface area contributed by atoms with Gasteiger partial charge in [0.15, 0.2) is 11.5 Å². The molecule has 11 heteroatoms. The van der Waals surface area contributed by atoms with Crippen LogP contribution in [0.4, 0.5) is 9.59 Å². The lowest BCUT2D eigenvalue weighted by Crippen LogP contribution is -2.52. The summed E-state index contributed by atoms with van der Waals surface area (Å²) >= 11 is 0. The first-order valence-electron chi connectivity index (χ1n) is 12.5. The van der Waals surface area contributed by atoms with Crippen molar-refractivity contribution in [1.82, 2.24) is 0 Å². The van der Waals surface area contributed by atoms with Crippen LogP contribution >= 0.6 is 0 Å². The molecule has 0 aliphatic rings. The van der Waals surface area contributed by atoms with Crippen LogP contribution in [0.1, 0.15) is 86.6 Å². The van der Waals surface area contributed by atoms with Crippen molar-refractivity contribution >= 4 is 24.2 Å². The maximum absolute atomic E-state index is 12.3. The quantitative estimate of drug-likeness (QED) is 0.217. The van der Waals surface area contributed by atoms with Gasteiger partial charge in [-0.3, -0.25) is 9.59 Å². The van der Waals surface area contributed by atoms with E-state index < -0.39 is 47.1 Å². The third-order valence-corrected chi connectivity index (χ3v) is 4.84. The largest absolute Gasteiger partial charge is 0.514 e. The highest BCUT2D eigenvalue weighted by molar-refractivity contribution is 5.79. The second kappa shape index (κ2) is 13.5. The average Bonchev–Trinajstić information content (AvgIpc) is 2.71. The molecule has 2 atom stereocenters. The number of hydrogen-bond donors (Lipinski definition) is 2. The van der Waals surface area contributed by atoms with Gasteiger partial charge < -0.3 is 34.5 Å². The topological polar surface area (TPSA) is 161 Å². The number of esters is 1. The van der Waals surface area contributed by atoms with E-state index in [4.69, 9.17) is 29.4 Å². The fourth-order valence-corrected chi connectivity index (χ4v) is 3.31. The van der Waals surface area contributed by atoms with Crippen molar-refractivity contribution in [2.24, 2.45) is 5.73 Å². The molecular weight excluding hydrogens is 498 g/mol.